The maximum Gasteiger partial charge on any atom is 0.227 e. The largest absolute Gasteiger partial charge is 0.381 e. The molecule has 0 bridgehead atoms. The smallest absolute Gasteiger partial charge is 0.227 e. The van der Waals surface area contributed by atoms with Gasteiger partial charge in [0.25, 0.3) is 0 Å². The summed E-state index contributed by atoms with van der Waals surface area (Å²) >= 11 is 0. The minimum atomic E-state index is 0.180. The normalized spacial score (nSPS) is 30.5. The summed E-state index contributed by atoms with van der Waals surface area (Å²) in [5.74, 6) is 1.59. The van der Waals surface area contributed by atoms with Gasteiger partial charge >= 0.3 is 0 Å². The summed E-state index contributed by atoms with van der Waals surface area (Å²) in [6.45, 7) is 6.58. The van der Waals surface area contributed by atoms with Crippen LogP contribution in [0.1, 0.15) is 19.8 Å². The fourth-order valence-electron chi connectivity index (χ4n) is 2.83. The maximum absolute atomic E-state index is 12.3. The molecule has 2 aliphatic heterocycles. The molecule has 4 heteroatoms. The van der Waals surface area contributed by atoms with Crippen LogP contribution in [0.2, 0.25) is 0 Å². The van der Waals surface area contributed by atoms with Gasteiger partial charge in [0.05, 0.1) is 5.92 Å². The number of nitrogens with zero attached hydrogens (tertiary/aromatic N) is 1. The van der Waals surface area contributed by atoms with E-state index in [1.165, 1.54) is 0 Å². The number of carbonyl (C=O) groups is 1. The second-order valence-electron chi connectivity index (χ2n) is 5.52. The summed E-state index contributed by atoms with van der Waals surface area (Å²) < 4.78 is 5.35. The molecular formula is C13H24N2O2. The van der Waals surface area contributed by atoms with Crippen molar-refractivity contribution in [2.24, 2.45) is 17.8 Å². The molecule has 0 radical (unpaired) electrons. The lowest BCUT2D eigenvalue weighted by atomic mass is 9.95. The average molecular weight is 240 g/mol. The van der Waals surface area contributed by atoms with Crippen molar-refractivity contribution >= 4 is 5.91 Å². The predicted octanol–water partition coefficient (Wildman–Crippen LogP) is 0.727. The third kappa shape index (κ3) is 3.19. The van der Waals surface area contributed by atoms with Crippen molar-refractivity contribution in [2.75, 3.05) is 39.9 Å². The lowest BCUT2D eigenvalue weighted by Gasteiger charge is -2.29. The van der Waals surface area contributed by atoms with E-state index in [4.69, 9.17) is 4.74 Å². The van der Waals surface area contributed by atoms with Crippen LogP contribution in [0, 0.1) is 17.8 Å². The number of hydrogen-bond acceptors (Lipinski definition) is 3. The first-order valence-corrected chi connectivity index (χ1v) is 6.72. The third-order valence-corrected chi connectivity index (χ3v) is 4.08. The van der Waals surface area contributed by atoms with Gasteiger partial charge in [-0.1, -0.05) is 6.92 Å². The fraction of sp³-hybridized carbons (Fsp3) is 0.923. The van der Waals surface area contributed by atoms with Gasteiger partial charge in [0.15, 0.2) is 0 Å². The Kier molecular flexibility index (Phi) is 4.40. The first-order chi connectivity index (χ1) is 8.18. The molecule has 4 nitrogen and oxygen atoms in total. The van der Waals surface area contributed by atoms with E-state index in [9.17, 15) is 4.79 Å². The van der Waals surface area contributed by atoms with Gasteiger partial charge in [-0.2, -0.15) is 0 Å². The Hall–Kier alpha value is -0.610. The fourth-order valence-corrected chi connectivity index (χ4v) is 2.83. The molecule has 0 saturated carbocycles. The maximum atomic E-state index is 12.3. The molecule has 2 heterocycles. The van der Waals surface area contributed by atoms with Crippen LogP contribution in [0.3, 0.4) is 0 Å². The summed E-state index contributed by atoms with van der Waals surface area (Å²) in [6.07, 6.45) is 2.19. The van der Waals surface area contributed by atoms with E-state index in [2.05, 4.69) is 12.2 Å². The van der Waals surface area contributed by atoms with E-state index in [0.717, 1.165) is 45.7 Å². The van der Waals surface area contributed by atoms with Crippen molar-refractivity contribution in [1.82, 2.24) is 10.2 Å². The van der Waals surface area contributed by atoms with Crippen molar-refractivity contribution in [3.05, 3.63) is 0 Å². The van der Waals surface area contributed by atoms with Crippen molar-refractivity contribution in [3.63, 3.8) is 0 Å². The Morgan fingerprint density at radius 1 is 1.35 bits per heavy atom. The molecule has 98 valence electrons. The Bertz CT molecular complexity index is 264. The second-order valence-corrected chi connectivity index (χ2v) is 5.52. The molecule has 2 atom stereocenters. The monoisotopic (exact) mass is 240 g/mol. The Balaban J connectivity index is 1.81. The quantitative estimate of drug-likeness (QED) is 0.790. The molecule has 2 saturated heterocycles. The molecule has 2 fully saturated rings. The molecule has 1 amide bonds. The summed E-state index contributed by atoms with van der Waals surface area (Å²) in [6, 6.07) is 0. The van der Waals surface area contributed by atoms with Crippen LogP contribution in [-0.2, 0) is 9.53 Å². The first kappa shape index (κ1) is 12.8. The van der Waals surface area contributed by atoms with E-state index < -0.39 is 0 Å². The first-order valence-electron chi connectivity index (χ1n) is 6.72. The average Bonchev–Trinajstić information content (AvgIpc) is 2.76. The van der Waals surface area contributed by atoms with Crippen molar-refractivity contribution in [1.29, 1.82) is 0 Å². The highest BCUT2D eigenvalue weighted by molar-refractivity contribution is 5.79. The van der Waals surface area contributed by atoms with Crippen LogP contribution >= 0.6 is 0 Å². The molecule has 17 heavy (non-hydrogen) atoms. The van der Waals surface area contributed by atoms with Gasteiger partial charge in [0.1, 0.15) is 0 Å². The summed E-state index contributed by atoms with van der Waals surface area (Å²) in [5.41, 5.74) is 0. The van der Waals surface area contributed by atoms with Gasteiger partial charge in [-0.05, 0) is 31.2 Å². The van der Waals surface area contributed by atoms with Crippen molar-refractivity contribution in [2.45, 2.75) is 19.8 Å². The molecule has 0 aliphatic carbocycles. The van der Waals surface area contributed by atoms with Crippen LogP contribution in [0.4, 0.5) is 0 Å². The summed E-state index contributed by atoms with van der Waals surface area (Å²) in [5, 5.41) is 3.29. The molecule has 0 unspecified atom stereocenters. The van der Waals surface area contributed by atoms with Gasteiger partial charge < -0.3 is 15.0 Å². The Morgan fingerprint density at radius 2 is 2.06 bits per heavy atom. The van der Waals surface area contributed by atoms with Crippen LogP contribution < -0.4 is 5.32 Å². The molecule has 0 spiro atoms. The van der Waals surface area contributed by atoms with Gasteiger partial charge in [-0.15, -0.1) is 0 Å². The standard InChI is InChI=1S/C13H24N2O2/c1-10-7-14-8-12(10)13(16)15(2)9-11-3-5-17-6-4-11/h10-12,14H,3-9H2,1-2H3/t10-,12-/m1/s1. The minimum Gasteiger partial charge on any atom is -0.381 e. The van der Waals surface area contributed by atoms with Crippen LogP contribution in [0.15, 0.2) is 0 Å². The predicted molar refractivity (Wildman–Crippen MR) is 66.7 cm³/mol. The molecular weight excluding hydrogens is 216 g/mol. The third-order valence-electron chi connectivity index (χ3n) is 4.08. The van der Waals surface area contributed by atoms with Crippen LogP contribution in [0.25, 0.3) is 0 Å². The topological polar surface area (TPSA) is 41.6 Å². The van der Waals surface area contributed by atoms with E-state index in [0.29, 0.717) is 17.7 Å². The molecule has 0 aromatic carbocycles. The SMILES string of the molecule is C[C@@H]1CNC[C@H]1C(=O)N(C)CC1CCOCC1. The number of nitrogens with one attached hydrogen (secondary N) is 1. The number of hydrogen-bond donors (Lipinski definition) is 1. The van der Waals surface area contributed by atoms with Crippen molar-refractivity contribution in [3.8, 4) is 0 Å². The number of ether oxygens (including phenoxy) is 1. The van der Waals surface area contributed by atoms with Crippen LogP contribution in [-0.4, -0.2) is 50.7 Å². The Labute approximate surface area is 104 Å². The highest BCUT2D eigenvalue weighted by Crippen LogP contribution is 2.20. The van der Waals surface area contributed by atoms with Crippen LogP contribution in [0.5, 0.6) is 0 Å². The zero-order chi connectivity index (χ0) is 12.3. The van der Waals surface area contributed by atoms with Gasteiger partial charge in [-0.25, -0.2) is 0 Å². The number of amides is 1. The highest BCUT2D eigenvalue weighted by atomic mass is 16.5. The van der Waals surface area contributed by atoms with Crippen molar-refractivity contribution < 1.29 is 9.53 Å². The van der Waals surface area contributed by atoms with Gasteiger partial charge in [0, 0.05) is 33.4 Å². The lowest BCUT2D eigenvalue weighted by molar-refractivity contribution is -0.135. The van der Waals surface area contributed by atoms with E-state index >= 15 is 0 Å². The van der Waals surface area contributed by atoms with E-state index in [-0.39, 0.29) is 5.92 Å². The molecule has 2 rings (SSSR count). The molecule has 2 aliphatic rings. The summed E-state index contributed by atoms with van der Waals surface area (Å²) in [7, 11) is 1.95. The van der Waals surface area contributed by atoms with E-state index in [1.807, 2.05) is 11.9 Å². The van der Waals surface area contributed by atoms with E-state index in [1.54, 1.807) is 0 Å². The number of carbonyl (C=O) groups excluding carboxylic acids is 1. The van der Waals surface area contributed by atoms with Gasteiger partial charge in [-0.3, -0.25) is 4.79 Å². The Morgan fingerprint density at radius 3 is 2.65 bits per heavy atom. The molecule has 1 N–H and O–H groups in total. The molecule has 0 aromatic heterocycles. The highest BCUT2D eigenvalue weighted by Gasteiger charge is 2.32. The lowest BCUT2D eigenvalue weighted by Crippen LogP contribution is -2.39. The zero-order valence-corrected chi connectivity index (χ0v) is 10.9. The second kappa shape index (κ2) is 5.83. The van der Waals surface area contributed by atoms with Gasteiger partial charge in [0.2, 0.25) is 5.91 Å². The molecule has 0 aromatic rings. The zero-order valence-electron chi connectivity index (χ0n) is 10.9. The number of rotatable bonds is 3. The minimum absolute atomic E-state index is 0.180. The summed E-state index contributed by atoms with van der Waals surface area (Å²) in [4.78, 5) is 14.2.